The van der Waals surface area contributed by atoms with Crippen LogP contribution in [0, 0.1) is 0 Å². The number of hydrogen-bond acceptors (Lipinski definition) is 4. The van der Waals surface area contributed by atoms with E-state index in [9.17, 15) is 13.2 Å². The molecule has 0 aliphatic carbocycles. The largest absolute Gasteiger partial charge is 0.465 e. The molecule has 0 aromatic rings. The minimum absolute atomic E-state index is 0.143. The summed E-state index contributed by atoms with van der Waals surface area (Å²) in [5, 5.41) is 0. The molecular formula is C7H13NO4S. The molecular weight excluding hydrogens is 194 g/mol. The Morgan fingerprint density at radius 1 is 1.54 bits per heavy atom. The fraction of sp³-hybridized carbons (Fsp3) is 0.857. The molecule has 0 radical (unpaired) electrons. The first-order valence-electron chi connectivity index (χ1n) is 4.19. The Hall–Kier alpha value is -0.620. The lowest BCUT2D eigenvalue weighted by atomic mass is 10.5. The Kier molecular flexibility index (Phi) is 3.27. The van der Waals surface area contributed by atoms with Gasteiger partial charge >= 0.3 is 5.97 Å². The highest BCUT2D eigenvalue weighted by atomic mass is 32.2. The van der Waals surface area contributed by atoms with Crippen LogP contribution in [-0.2, 0) is 19.6 Å². The summed E-state index contributed by atoms with van der Waals surface area (Å²) >= 11 is 0. The van der Waals surface area contributed by atoms with E-state index in [0.717, 1.165) is 0 Å². The standard InChI is InChI=1S/C7H13NO4S/c1-2-12-7(9)6-8-4-3-5-13(8,10)11/h2-6H2,1H3. The van der Waals surface area contributed by atoms with E-state index in [2.05, 4.69) is 4.74 Å². The molecule has 0 unspecified atom stereocenters. The van der Waals surface area contributed by atoms with Crippen LogP contribution in [0.5, 0.6) is 0 Å². The molecule has 1 aliphatic rings. The van der Waals surface area contributed by atoms with Crippen molar-refractivity contribution in [3.8, 4) is 0 Å². The number of hydrogen-bond donors (Lipinski definition) is 0. The highest BCUT2D eigenvalue weighted by molar-refractivity contribution is 7.89. The van der Waals surface area contributed by atoms with Gasteiger partial charge in [-0.15, -0.1) is 0 Å². The Morgan fingerprint density at radius 3 is 2.69 bits per heavy atom. The molecule has 0 amide bonds. The fourth-order valence-corrected chi connectivity index (χ4v) is 2.68. The van der Waals surface area contributed by atoms with Crippen LogP contribution in [0.15, 0.2) is 0 Å². The van der Waals surface area contributed by atoms with E-state index in [0.29, 0.717) is 13.0 Å². The van der Waals surface area contributed by atoms with Crippen molar-refractivity contribution in [3.05, 3.63) is 0 Å². The number of ether oxygens (including phenoxy) is 1. The highest BCUT2D eigenvalue weighted by Gasteiger charge is 2.29. The Bertz CT molecular complexity index is 285. The first kappa shape index (κ1) is 10.5. The smallest absolute Gasteiger partial charge is 0.321 e. The molecule has 1 heterocycles. The van der Waals surface area contributed by atoms with Gasteiger partial charge in [0.25, 0.3) is 0 Å². The minimum Gasteiger partial charge on any atom is -0.465 e. The minimum atomic E-state index is -3.17. The van der Waals surface area contributed by atoms with E-state index < -0.39 is 16.0 Å². The van der Waals surface area contributed by atoms with Gasteiger partial charge < -0.3 is 4.74 Å². The third-order valence-electron chi connectivity index (χ3n) is 1.81. The van der Waals surface area contributed by atoms with Crippen LogP contribution in [-0.4, -0.2) is 44.1 Å². The molecule has 1 saturated heterocycles. The van der Waals surface area contributed by atoms with Crippen LogP contribution in [0.1, 0.15) is 13.3 Å². The van der Waals surface area contributed by atoms with Gasteiger partial charge in [0.2, 0.25) is 10.0 Å². The van der Waals surface area contributed by atoms with Crippen molar-refractivity contribution in [2.75, 3.05) is 25.4 Å². The third-order valence-corrected chi connectivity index (χ3v) is 3.72. The first-order chi connectivity index (χ1) is 6.06. The molecule has 0 spiro atoms. The van der Waals surface area contributed by atoms with Gasteiger partial charge in [0, 0.05) is 6.54 Å². The van der Waals surface area contributed by atoms with Crippen molar-refractivity contribution in [2.45, 2.75) is 13.3 Å². The molecule has 13 heavy (non-hydrogen) atoms. The lowest BCUT2D eigenvalue weighted by Crippen LogP contribution is -2.32. The molecule has 0 aromatic carbocycles. The molecule has 0 saturated carbocycles. The molecule has 1 rings (SSSR count). The molecule has 0 atom stereocenters. The van der Waals surface area contributed by atoms with Crippen molar-refractivity contribution in [2.24, 2.45) is 0 Å². The van der Waals surface area contributed by atoms with Crippen LogP contribution in [0.4, 0.5) is 0 Å². The summed E-state index contributed by atoms with van der Waals surface area (Å²) in [6, 6.07) is 0. The van der Waals surface area contributed by atoms with Gasteiger partial charge in [0.15, 0.2) is 0 Å². The van der Waals surface area contributed by atoms with Gasteiger partial charge in [-0.3, -0.25) is 4.79 Å². The molecule has 6 heteroatoms. The van der Waals surface area contributed by atoms with Crippen LogP contribution in [0.2, 0.25) is 0 Å². The number of rotatable bonds is 3. The summed E-state index contributed by atoms with van der Waals surface area (Å²) < 4.78 is 28.3. The van der Waals surface area contributed by atoms with Gasteiger partial charge in [-0.1, -0.05) is 0 Å². The Labute approximate surface area is 77.7 Å². The van der Waals surface area contributed by atoms with Crippen LogP contribution in [0.25, 0.3) is 0 Å². The maximum Gasteiger partial charge on any atom is 0.321 e. The highest BCUT2D eigenvalue weighted by Crippen LogP contribution is 2.12. The van der Waals surface area contributed by atoms with Crippen LogP contribution < -0.4 is 0 Å². The summed E-state index contributed by atoms with van der Waals surface area (Å²) in [6.45, 7) is 2.26. The number of carbonyl (C=O) groups excluding carboxylic acids is 1. The molecule has 76 valence electrons. The molecule has 1 aliphatic heterocycles. The van der Waals surface area contributed by atoms with Crippen molar-refractivity contribution in [3.63, 3.8) is 0 Å². The second-order valence-corrected chi connectivity index (χ2v) is 4.90. The summed E-state index contributed by atoms with van der Waals surface area (Å²) in [7, 11) is -3.17. The number of sulfonamides is 1. The van der Waals surface area contributed by atoms with Crippen LogP contribution >= 0.6 is 0 Å². The summed E-state index contributed by atoms with van der Waals surface area (Å²) in [4.78, 5) is 11.0. The zero-order valence-corrected chi connectivity index (χ0v) is 8.34. The lowest BCUT2D eigenvalue weighted by Gasteiger charge is -2.12. The normalized spacial score (nSPS) is 21.6. The molecule has 5 nitrogen and oxygen atoms in total. The average Bonchev–Trinajstić information content (AvgIpc) is 2.31. The topological polar surface area (TPSA) is 63.7 Å². The monoisotopic (exact) mass is 207 g/mol. The van der Waals surface area contributed by atoms with Crippen molar-refractivity contribution in [1.82, 2.24) is 4.31 Å². The molecule has 0 bridgehead atoms. The summed E-state index contributed by atoms with van der Waals surface area (Å²) in [5.41, 5.74) is 0. The molecule has 1 fully saturated rings. The van der Waals surface area contributed by atoms with E-state index in [1.165, 1.54) is 4.31 Å². The number of carbonyl (C=O) groups is 1. The second-order valence-electron chi connectivity index (χ2n) is 2.81. The number of esters is 1. The predicted octanol–water partition coefficient (Wildman–Crippen LogP) is -0.415. The SMILES string of the molecule is CCOC(=O)CN1CCCS1(=O)=O. The Morgan fingerprint density at radius 2 is 2.23 bits per heavy atom. The molecule has 0 N–H and O–H groups in total. The van der Waals surface area contributed by atoms with Gasteiger partial charge in [-0.2, -0.15) is 4.31 Å². The maximum absolute atomic E-state index is 11.2. The van der Waals surface area contributed by atoms with E-state index in [-0.39, 0.29) is 18.9 Å². The predicted molar refractivity (Wildman–Crippen MR) is 46.6 cm³/mol. The average molecular weight is 207 g/mol. The Balaban J connectivity index is 2.50. The van der Waals surface area contributed by atoms with Crippen molar-refractivity contribution in [1.29, 1.82) is 0 Å². The van der Waals surface area contributed by atoms with E-state index in [1.54, 1.807) is 6.92 Å². The van der Waals surface area contributed by atoms with Crippen LogP contribution in [0.3, 0.4) is 0 Å². The van der Waals surface area contributed by atoms with Crippen molar-refractivity contribution < 1.29 is 17.9 Å². The quantitative estimate of drug-likeness (QED) is 0.590. The number of nitrogens with zero attached hydrogens (tertiary/aromatic N) is 1. The van der Waals surface area contributed by atoms with E-state index in [1.807, 2.05) is 0 Å². The van der Waals surface area contributed by atoms with E-state index >= 15 is 0 Å². The summed E-state index contributed by atoms with van der Waals surface area (Å²) in [6.07, 6.45) is 0.599. The third kappa shape index (κ3) is 2.67. The zero-order valence-electron chi connectivity index (χ0n) is 7.52. The van der Waals surface area contributed by atoms with Gasteiger partial charge in [-0.05, 0) is 13.3 Å². The van der Waals surface area contributed by atoms with Gasteiger partial charge in [-0.25, -0.2) is 8.42 Å². The first-order valence-corrected chi connectivity index (χ1v) is 5.80. The van der Waals surface area contributed by atoms with Gasteiger partial charge in [0.05, 0.1) is 12.4 Å². The maximum atomic E-state index is 11.2. The van der Waals surface area contributed by atoms with Gasteiger partial charge in [0.1, 0.15) is 6.54 Å². The molecule has 0 aromatic heterocycles. The fourth-order valence-electron chi connectivity index (χ4n) is 1.22. The zero-order chi connectivity index (χ0) is 9.90. The second kappa shape index (κ2) is 4.06. The van der Waals surface area contributed by atoms with E-state index in [4.69, 9.17) is 0 Å². The lowest BCUT2D eigenvalue weighted by molar-refractivity contribution is -0.143. The summed E-state index contributed by atoms with van der Waals surface area (Å²) in [5.74, 6) is -0.333. The van der Waals surface area contributed by atoms with Crippen molar-refractivity contribution >= 4 is 16.0 Å².